The number of thiazole rings is 1. The Hall–Kier alpha value is -1.66. The van der Waals surface area contributed by atoms with Crippen molar-refractivity contribution in [2.75, 3.05) is 5.32 Å². The number of anilines is 1. The highest BCUT2D eigenvalue weighted by Gasteiger charge is 2.35. The van der Waals surface area contributed by atoms with Crippen LogP contribution in [0, 0.1) is 11.8 Å². The number of halogens is 1. The second kappa shape index (κ2) is 6.22. The monoisotopic (exact) mass is 338 g/mol. The molecule has 1 aliphatic rings. The van der Waals surface area contributed by atoms with Crippen LogP contribution in [0.1, 0.15) is 25.7 Å². The zero-order valence-corrected chi connectivity index (χ0v) is 13.3. The molecule has 2 atom stereocenters. The summed E-state index contributed by atoms with van der Waals surface area (Å²) in [6.07, 6.45) is 2.92. The maximum atomic E-state index is 12.4. The standard InChI is InChI=1S/C15H15ClN2O3S/c16-8-5-6-11-12(7-8)22-15(17-11)18-13(19)9-3-1-2-4-10(9)14(20)21/h5-7,9-10H,1-4H2,(H,20,21)(H,17,18,19)/t9-,10+/m0/s1. The minimum Gasteiger partial charge on any atom is -0.481 e. The van der Waals surface area contributed by atoms with Gasteiger partial charge in [-0.25, -0.2) is 4.98 Å². The number of carboxylic acid groups (broad SMARTS) is 1. The third-order valence-corrected chi connectivity index (χ3v) is 5.17. The lowest BCUT2D eigenvalue weighted by Crippen LogP contribution is -2.36. The smallest absolute Gasteiger partial charge is 0.307 e. The Balaban J connectivity index is 1.78. The molecule has 5 nitrogen and oxygen atoms in total. The minimum atomic E-state index is -0.893. The van der Waals surface area contributed by atoms with Gasteiger partial charge < -0.3 is 10.4 Å². The minimum absolute atomic E-state index is 0.253. The van der Waals surface area contributed by atoms with Gasteiger partial charge in [0.25, 0.3) is 0 Å². The van der Waals surface area contributed by atoms with Crippen LogP contribution in [-0.4, -0.2) is 22.0 Å². The maximum absolute atomic E-state index is 12.4. The van der Waals surface area contributed by atoms with Crippen molar-refractivity contribution in [3.63, 3.8) is 0 Å². The Bertz CT molecular complexity index is 731. The summed E-state index contributed by atoms with van der Waals surface area (Å²) in [6.45, 7) is 0. The van der Waals surface area contributed by atoms with Gasteiger partial charge >= 0.3 is 5.97 Å². The van der Waals surface area contributed by atoms with Crippen LogP contribution in [0.25, 0.3) is 10.2 Å². The third-order valence-electron chi connectivity index (χ3n) is 4.00. The number of nitrogens with one attached hydrogen (secondary N) is 1. The predicted molar refractivity (Wildman–Crippen MR) is 86.3 cm³/mol. The lowest BCUT2D eigenvalue weighted by molar-refractivity contribution is -0.147. The number of fused-ring (bicyclic) bond motifs is 1. The summed E-state index contributed by atoms with van der Waals surface area (Å²) in [5, 5.41) is 13.1. The third kappa shape index (κ3) is 3.08. The highest BCUT2D eigenvalue weighted by atomic mass is 35.5. The predicted octanol–water partition coefficient (Wildman–Crippen LogP) is 3.78. The molecule has 2 N–H and O–H groups in total. The molecule has 1 amide bonds. The lowest BCUT2D eigenvalue weighted by atomic mass is 9.79. The molecule has 0 saturated heterocycles. The average Bonchev–Trinajstić information content (AvgIpc) is 2.88. The Morgan fingerprint density at radius 3 is 2.73 bits per heavy atom. The molecule has 1 heterocycles. The van der Waals surface area contributed by atoms with Crippen molar-refractivity contribution in [1.82, 2.24) is 4.98 Å². The zero-order valence-electron chi connectivity index (χ0n) is 11.7. The van der Waals surface area contributed by atoms with E-state index in [-0.39, 0.29) is 5.91 Å². The summed E-state index contributed by atoms with van der Waals surface area (Å²) in [7, 11) is 0. The SMILES string of the molecule is O=C(Nc1nc2ccc(Cl)cc2s1)[C@H]1CCCC[C@H]1C(=O)O. The molecule has 1 aromatic heterocycles. The summed E-state index contributed by atoms with van der Waals surface area (Å²) in [5.74, 6) is -2.23. The highest BCUT2D eigenvalue weighted by molar-refractivity contribution is 7.22. The van der Waals surface area contributed by atoms with E-state index in [0.29, 0.717) is 23.0 Å². The van der Waals surface area contributed by atoms with E-state index < -0.39 is 17.8 Å². The molecule has 7 heteroatoms. The van der Waals surface area contributed by atoms with Gasteiger partial charge in [0.15, 0.2) is 5.13 Å². The van der Waals surface area contributed by atoms with E-state index in [9.17, 15) is 14.7 Å². The van der Waals surface area contributed by atoms with Crippen molar-refractivity contribution in [2.45, 2.75) is 25.7 Å². The average molecular weight is 339 g/mol. The van der Waals surface area contributed by atoms with Crippen LogP contribution in [0.3, 0.4) is 0 Å². The van der Waals surface area contributed by atoms with Crippen LogP contribution in [0.2, 0.25) is 5.02 Å². The Morgan fingerprint density at radius 1 is 1.27 bits per heavy atom. The fourth-order valence-electron chi connectivity index (χ4n) is 2.89. The van der Waals surface area contributed by atoms with Crippen molar-refractivity contribution in [2.24, 2.45) is 11.8 Å². The van der Waals surface area contributed by atoms with Gasteiger partial charge in [0.1, 0.15) is 0 Å². The number of carboxylic acids is 1. The summed E-state index contributed by atoms with van der Waals surface area (Å²) in [5.41, 5.74) is 0.767. The van der Waals surface area contributed by atoms with Crippen LogP contribution in [0.4, 0.5) is 5.13 Å². The van der Waals surface area contributed by atoms with E-state index in [4.69, 9.17) is 11.6 Å². The first-order valence-electron chi connectivity index (χ1n) is 7.14. The topological polar surface area (TPSA) is 79.3 Å². The molecule has 1 aromatic carbocycles. The Labute approximate surface area is 136 Å². The van der Waals surface area contributed by atoms with Gasteiger partial charge in [0.05, 0.1) is 22.1 Å². The van der Waals surface area contributed by atoms with Gasteiger partial charge in [0.2, 0.25) is 5.91 Å². The molecule has 0 unspecified atom stereocenters. The van der Waals surface area contributed by atoms with Crippen LogP contribution >= 0.6 is 22.9 Å². The Morgan fingerprint density at radius 2 is 2.00 bits per heavy atom. The molecule has 0 bridgehead atoms. The molecular formula is C15H15ClN2O3S. The zero-order chi connectivity index (χ0) is 15.7. The molecule has 3 rings (SSSR count). The normalized spacial score (nSPS) is 21.7. The van der Waals surface area contributed by atoms with Crippen molar-refractivity contribution in [1.29, 1.82) is 0 Å². The number of aliphatic carboxylic acids is 1. The molecule has 0 radical (unpaired) electrons. The summed E-state index contributed by atoms with van der Waals surface area (Å²) in [4.78, 5) is 28.0. The molecular weight excluding hydrogens is 324 g/mol. The van der Waals surface area contributed by atoms with Crippen molar-refractivity contribution >= 4 is 50.2 Å². The molecule has 2 aromatic rings. The van der Waals surface area contributed by atoms with Crippen LogP contribution in [0.15, 0.2) is 18.2 Å². The largest absolute Gasteiger partial charge is 0.481 e. The number of hydrogen-bond donors (Lipinski definition) is 2. The lowest BCUT2D eigenvalue weighted by Gasteiger charge is -2.26. The second-order valence-corrected chi connectivity index (χ2v) is 6.92. The molecule has 22 heavy (non-hydrogen) atoms. The molecule has 0 aliphatic heterocycles. The molecule has 116 valence electrons. The first-order valence-corrected chi connectivity index (χ1v) is 8.34. The number of benzene rings is 1. The molecule has 1 fully saturated rings. The fraction of sp³-hybridized carbons (Fsp3) is 0.400. The number of aromatic nitrogens is 1. The first kappa shape index (κ1) is 15.2. The molecule has 0 spiro atoms. The summed E-state index contributed by atoms with van der Waals surface area (Å²) in [6, 6.07) is 5.34. The van der Waals surface area contributed by atoms with E-state index in [0.717, 1.165) is 23.1 Å². The fourth-order valence-corrected chi connectivity index (χ4v) is 4.04. The van der Waals surface area contributed by atoms with Gasteiger partial charge in [-0.05, 0) is 31.0 Å². The number of hydrogen-bond acceptors (Lipinski definition) is 4. The highest BCUT2D eigenvalue weighted by Crippen LogP contribution is 2.33. The van der Waals surface area contributed by atoms with E-state index >= 15 is 0 Å². The van der Waals surface area contributed by atoms with E-state index in [1.165, 1.54) is 11.3 Å². The van der Waals surface area contributed by atoms with Crippen molar-refractivity contribution < 1.29 is 14.7 Å². The van der Waals surface area contributed by atoms with Gasteiger partial charge in [0, 0.05) is 5.02 Å². The molecule has 1 saturated carbocycles. The van der Waals surface area contributed by atoms with Gasteiger partial charge in [-0.2, -0.15) is 0 Å². The van der Waals surface area contributed by atoms with Crippen LogP contribution in [-0.2, 0) is 9.59 Å². The second-order valence-electron chi connectivity index (χ2n) is 5.46. The maximum Gasteiger partial charge on any atom is 0.307 e. The quantitative estimate of drug-likeness (QED) is 0.892. The number of nitrogens with zero attached hydrogens (tertiary/aromatic N) is 1. The van der Waals surface area contributed by atoms with E-state index in [1.54, 1.807) is 18.2 Å². The number of carbonyl (C=O) groups excluding carboxylic acids is 1. The summed E-state index contributed by atoms with van der Waals surface area (Å²) < 4.78 is 0.890. The number of carbonyl (C=O) groups is 2. The van der Waals surface area contributed by atoms with Gasteiger partial charge in [-0.1, -0.05) is 35.8 Å². The Kier molecular flexibility index (Phi) is 4.31. The van der Waals surface area contributed by atoms with Gasteiger partial charge in [-0.3, -0.25) is 9.59 Å². The van der Waals surface area contributed by atoms with E-state index in [2.05, 4.69) is 10.3 Å². The van der Waals surface area contributed by atoms with Gasteiger partial charge in [-0.15, -0.1) is 0 Å². The van der Waals surface area contributed by atoms with Crippen LogP contribution < -0.4 is 5.32 Å². The number of amides is 1. The van der Waals surface area contributed by atoms with E-state index in [1.807, 2.05) is 0 Å². The van der Waals surface area contributed by atoms with Crippen LogP contribution in [0.5, 0.6) is 0 Å². The van der Waals surface area contributed by atoms with Crippen molar-refractivity contribution in [3.05, 3.63) is 23.2 Å². The number of rotatable bonds is 3. The summed E-state index contributed by atoms with van der Waals surface area (Å²) >= 11 is 7.27. The van der Waals surface area contributed by atoms with Crippen molar-refractivity contribution in [3.8, 4) is 0 Å². The first-order chi connectivity index (χ1) is 10.5. The molecule has 1 aliphatic carbocycles.